The smallest absolute Gasteiger partial charge is 0.306 e. The molecule has 0 fully saturated rings. The van der Waals surface area contributed by atoms with Crippen molar-refractivity contribution in [2.75, 3.05) is 16.8 Å². The molecule has 2 amide bonds. The highest BCUT2D eigenvalue weighted by molar-refractivity contribution is 6.03. The van der Waals surface area contributed by atoms with Crippen molar-refractivity contribution in [3.63, 3.8) is 0 Å². The second-order valence-corrected chi connectivity index (χ2v) is 6.85. The summed E-state index contributed by atoms with van der Waals surface area (Å²) >= 11 is 0. The predicted octanol–water partition coefficient (Wildman–Crippen LogP) is 3.61. The highest BCUT2D eigenvalue weighted by atomic mass is 19.4. The maximum absolute atomic E-state index is 14.0. The van der Waals surface area contributed by atoms with Gasteiger partial charge in [-0.25, -0.2) is 23.1 Å². The Morgan fingerprint density at radius 1 is 1.26 bits per heavy atom. The highest BCUT2D eigenvalue weighted by Gasteiger charge is 2.60. The van der Waals surface area contributed by atoms with Crippen molar-refractivity contribution < 1.29 is 35.5 Å². The van der Waals surface area contributed by atoms with E-state index in [0.29, 0.717) is 9.42 Å². The number of hydrogen-bond donors (Lipinski definition) is 1. The first-order valence-electron chi connectivity index (χ1n) is 8.43. The molecule has 164 valence electrons. The van der Waals surface area contributed by atoms with E-state index in [4.69, 9.17) is 0 Å². The quantitative estimate of drug-likeness (QED) is 0.604. The number of rotatable bonds is 2. The molecule has 1 aliphatic heterocycles. The topological polar surface area (TPSA) is 88.3 Å². The van der Waals surface area contributed by atoms with Crippen LogP contribution >= 0.6 is 0 Å². The van der Waals surface area contributed by atoms with Crippen LogP contribution in [0.1, 0.15) is 24.7 Å². The molecule has 0 saturated carbocycles. The molecule has 1 atom stereocenters. The van der Waals surface area contributed by atoms with E-state index in [-0.39, 0.29) is 5.69 Å². The molecule has 8 nitrogen and oxygen atoms in total. The summed E-state index contributed by atoms with van der Waals surface area (Å²) in [5.74, 6) is -3.20. The number of halogens is 7. The lowest BCUT2D eigenvalue weighted by Gasteiger charge is -2.28. The number of nitrogens with zero attached hydrogens (tertiary/aromatic N) is 6. The normalized spacial score (nSPS) is 18.7. The van der Waals surface area contributed by atoms with Crippen molar-refractivity contribution >= 4 is 23.1 Å². The molecule has 3 aromatic rings. The molecular weight excluding hydrogens is 439 g/mol. The summed E-state index contributed by atoms with van der Waals surface area (Å²) in [6, 6.07) is -0.341. The molecule has 4 heterocycles. The van der Waals surface area contributed by atoms with Crippen molar-refractivity contribution in [2.24, 2.45) is 0 Å². The number of carbonyl (C=O) groups is 1. The molecular formula is C16H10F7N7O. The van der Waals surface area contributed by atoms with E-state index < -0.39 is 65.1 Å². The summed E-state index contributed by atoms with van der Waals surface area (Å²) in [4.78, 5) is 16.9. The Morgan fingerprint density at radius 3 is 2.61 bits per heavy atom. The van der Waals surface area contributed by atoms with E-state index in [1.807, 2.05) is 0 Å². The first kappa shape index (κ1) is 20.7. The summed E-state index contributed by atoms with van der Waals surface area (Å²) in [5, 5.41) is 11.8. The zero-order chi connectivity index (χ0) is 22.7. The number of fused-ring (bicyclic) bond motifs is 3. The molecule has 15 heteroatoms. The number of nitrogens with one attached hydrogen (secondary N) is 1. The van der Waals surface area contributed by atoms with Crippen molar-refractivity contribution in [3.8, 4) is 0 Å². The molecule has 0 radical (unpaired) electrons. The third-order valence-corrected chi connectivity index (χ3v) is 4.84. The van der Waals surface area contributed by atoms with Gasteiger partial charge >= 0.3 is 12.2 Å². The van der Waals surface area contributed by atoms with Gasteiger partial charge in [0.2, 0.25) is 5.82 Å². The molecule has 3 aromatic heterocycles. The maximum atomic E-state index is 14.0. The van der Waals surface area contributed by atoms with Crippen LogP contribution in [0, 0.1) is 11.8 Å². The van der Waals surface area contributed by atoms with E-state index >= 15 is 0 Å². The lowest BCUT2D eigenvalue weighted by atomic mass is 9.87. The van der Waals surface area contributed by atoms with Gasteiger partial charge in [-0.2, -0.15) is 27.1 Å². The average molecular weight is 449 g/mol. The monoisotopic (exact) mass is 449 g/mol. The van der Waals surface area contributed by atoms with Crippen LogP contribution in [0.5, 0.6) is 0 Å². The zero-order valence-corrected chi connectivity index (χ0v) is 15.3. The van der Waals surface area contributed by atoms with Crippen LogP contribution in [0.15, 0.2) is 18.5 Å². The van der Waals surface area contributed by atoms with Gasteiger partial charge in [-0.1, -0.05) is 0 Å². The Kier molecular flexibility index (Phi) is 4.51. The van der Waals surface area contributed by atoms with Crippen molar-refractivity contribution in [1.82, 2.24) is 24.8 Å². The number of anilines is 2. The Labute approximate surface area is 167 Å². The molecule has 0 saturated heterocycles. The molecule has 0 aliphatic carbocycles. The second-order valence-electron chi connectivity index (χ2n) is 6.85. The minimum Gasteiger partial charge on any atom is -0.306 e. The van der Waals surface area contributed by atoms with Crippen LogP contribution in [0.4, 0.5) is 46.9 Å². The van der Waals surface area contributed by atoms with E-state index in [1.54, 1.807) is 0 Å². The standard InChI is InChI=1S/C16H10F7N7O/c1-15(16(21,22)23)5-29(14(31)26-6-2-7(11(18)19)27-25-3-6)8-4-24-13-9(17)12(20)28-30(13)10(8)15/h2-4,11H,5H2,1H3,(H,26,27,31)/t15-/m1/s1. The fourth-order valence-electron chi connectivity index (χ4n) is 3.27. The first-order valence-corrected chi connectivity index (χ1v) is 8.43. The molecule has 4 rings (SSSR count). The number of carbonyl (C=O) groups excluding carboxylic acids is 1. The van der Waals surface area contributed by atoms with Crippen molar-refractivity contribution in [1.29, 1.82) is 0 Å². The Bertz CT molecular complexity index is 1200. The van der Waals surface area contributed by atoms with Crippen LogP contribution in [0.25, 0.3) is 5.65 Å². The van der Waals surface area contributed by atoms with E-state index in [1.165, 1.54) is 0 Å². The van der Waals surface area contributed by atoms with E-state index in [0.717, 1.165) is 25.4 Å². The number of alkyl halides is 5. The maximum Gasteiger partial charge on any atom is 0.401 e. The second kappa shape index (κ2) is 6.75. The van der Waals surface area contributed by atoms with Crippen LogP contribution in [-0.4, -0.2) is 43.5 Å². The van der Waals surface area contributed by atoms with Gasteiger partial charge in [0.05, 0.1) is 29.5 Å². The largest absolute Gasteiger partial charge is 0.401 e. The fourth-order valence-corrected chi connectivity index (χ4v) is 3.27. The molecule has 0 unspecified atom stereocenters. The molecule has 31 heavy (non-hydrogen) atoms. The van der Waals surface area contributed by atoms with Gasteiger partial charge in [-0.05, 0) is 13.0 Å². The number of hydrogen-bond acceptors (Lipinski definition) is 5. The number of urea groups is 1. The van der Waals surface area contributed by atoms with Gasteiger partial charge < -0.3 is 5.32 Å². The first-order chi connectivity index (χ1) is 14.4. The van der Waals surface area contributed by atoms with Crippen LogP contribution in [0.2, 0.25) is 0 Å². The fraction of sp³-hybridized carbons (Fsp3) is 0.312. The number of aromatic nitrogens is 5. The average Bonchev–Trinajstić information content (AvgIpc) is 3.17. The zero-order valence-electron chi connectivity index (χ0n) is 15.3. The number of amides is 2. The van der Waals surface area contributed by atoms with Gasteiger partial charge in [0.15, 0.2) is 5.65 Å². The Hall–Kier alpha value is -3.52. The van der Waals surface area contributed by atoms with Gasteiger partial charge in [0.1, 0.15) is 11.1 Å². The van der Waals surface area contributed by atoms with Crippen molar-refractivity contribution in [2.45, 2.75) is 24.9 Å². The van der Waals surface area contributed by atoms with Crippen LogP contribution in [-0.2, 0) is 5.41 Å². The molecule has 1 aliphatic rings. The van der Waals surface area contributed by atoms with Crippen LogP contribution in [0.3, 0.4) is 0 Å². The summed E-state index contributed by atoms with van der Waals surface area (Å²) in [6.07, 6.45) is -6.25. The molecule has 1 N–H and O–H groups in total. The third kappa shape index (κ3) is 3.11. The molecule has 0 aromatic carbocycles. The lowest BCUT2D eigenvalue weighted by Crippen LogP contribution is -2.46. The summed E-state index contributed by atoms with van der Waals surface area (Å²) in [6.45, 7) is -0.249. The predicted molar refractivity (Wildman–Crippen MR) is 89.7 cm³/mol. The Balaban J connectivity index is 1.80. The van der Waals surface area contributed by atoms with E-state index in [2.05, 4.69) is 25.6 Å². The summed E-state index contributed by atoms with van der Waals surface area (Å²) in [5.41, 5.74) is -5.68. The SMILES string of the molecule is C[C@@]1(C(F)(F)F)CN(C(=O)Nc2cnnc(C(F)F)c2)c2cnc3c(F)c(F)nn3c21. The minimum absolute atomic E-state index is 0.248. The Morgan fingerprint density at radius 2 is 1.97 bits per heavy atom. The van der Waals surface area contributed by atoms with Gasteiger partial charge in [0, 0.05) is 6.54 Å². The van der Waals surface area contributed by atoms with Gasteiger partial charge in [-0.3, -0.25) is 4.90 Å². The summed E-state index contributed by atoms with van der Waals surface area (Å²) in [7, 11) is 0. The summed E-state index contributed by atoms with van der Waals surface area (Å²) < 4.78 is 95.2. The van der Waals surface area contributed by atoms with Gasteiger partial charge in [0.25, 0.3) is 12.4 Å². The highest BCUT2D eigenvalue weighted by Crippen LogP contribution is 2.50. The van der Waals surface area contributed by atoms with E-state index in [9.17, 15) is 35.5 Å². The molecule has 0 spiro atoms. The minimum atomic E-state index is -4.95. The molecule has 0 bridgehead atoms. The third-order valence-electron chi connectivity index (χ3n) is 4.84. The van der Waals surface area contributed by atoms with Gasteiger partial charge in [-0.15, -0.1) is 10.2 Å². The lowest BCUT2D eigenvalue weighted by molar-refractivity contribution is -0.181. The van der Waals surface area contributed by atoms with Crippen LogP contribution < -0.4 is 10.2 Å². The van der Waals surface area contributed by atoms with Crippen molar-refractivity contribution in [3.05, 3.63) is 41.6 Å².